The second-order valence-electron chi connectivity index (χ2n) is 6.56. The van der Waals surface area contributed by atoms with Crippen LogP contribution in [0.25, 0.3) is 0 Å². The van der Waals surface area contributed by atoms with Crippen LogP contribution in [0.2, 0.25) is 0 Å². The number of nitrogens with one attached hydrogen (secondary N) is 2. The molecule has 0 bridgehead atoms. The van der Waals surface area contributed by atoms with Gasteiger partial charge in [-0.3, -0.25) is 4.79 Å². The Bertz CT molecular complexity index is 403. The van der Waals surface area contributed by atoms with Crippen molar-refractivity contribution >= 4 is 11.9 Å². The second kappa shape index (κ2) is 7.81. The molecular formula is C16H30N4O2. The monoisotopic (exact) mass is 310 g/mol. The molecule has 1 spiro atoms. The molecule has 2 aliphatic rings. The van der Waals surface area contributed by atoms with E-state index in [1.54, 1.807) is 19.0 Å². The first-order chi connectivity index (χ1) is 10.5. The van der Waals surface area contributed by atoms with E-state index in [0.29, 0.717) is 6.04 Å². The van der Waals surface area contributed by atoms with Gasteiger partial charge in [0.15, 0.2) is 5.96 Å². The van der Waals surface area contributed by atoms with Crippen molar-refractivity contribution in [3.63, 3.8) is 0 Å². The lowest BCUT2D eigenvalue weighted by molar-refractivity contribution is -0.127. The Hall–Kier alpha value is -1.30. The van der Waals surface area contributed by atoms with Crippen molar-refractivity contribution in [2.45, 2.75) is 57.1 Å². The lowest BCUT2D eigenvalue weighted by Gasteiger charge is -2.39. The molecule has 1 aliphatic carbocycles. The van der Waals surface area contributed by atoms with Gasteiger partial charge in [-0.2, -0.15) is 0 Å². The molecule has 1 unspecified atom stereocenters. The van der Waals surface area contributed by atoms with Crippen LogP contribution in [0, 0.1) is 0 Å². The minimum Gasteiger partial charge on any atom is -0.375 e. The molecule has 6 nitrogen and oxygen atoms in total. The van der Waals surface area contributed by atoms with Gasteiger partial charge in [0.05, 0.1) is 5.60 Å². The predicted octanol–water partition coefficient (Wildman–Crippen LogP) is 1.12. The smallest absolute Gasteiger partial charge is 0.243 e. The summed E-state index contributed by atoms with van der Waals surface area (Å²) in [6.45, 7) is 3.81. The number of nitrogens with zero attached hydrogens (tertiary/aromatic N) is 2. The Balaban J connectivity index is 1.92. The molecule has 1 heterocycles. The molecule has 1 aliphatic heterocycles. The van der Waals surface area contributed by atoms with Gasteiger partial charge in [0, 0.05) is 33.3 Å². The Morgan fingerprint density at radius 2 is 2.09 bits per heavy atom. The van der Waals surface area contributed by atoms with Gasteiger partial charge in [-0.1, -0.05) is 12.8 Å². The van der Waals surface area contributed by atoms with Gasteiger partial charge in [0.25, 0.3) is 0 Å². The highest BCUT2D eigenvalue weighted by Crippen LogP contribution is 2.39. The van der Waals surface area contributed by atoms with Crippen LogP contribution in [-0.4, -0.2) is 62.2 Å². The van der Waals surface area contributed by atoms with Crippen LogP contribution in [0.15, 0.2) is 4.99 Å². The van der Waals surface area contributed by atoms with Crippen LogP contribution in [-0.2, 0) is 9.53 Å². The van der Waals surface area contributed by atoms with Gasteiger partial charge in [0.2, 0.25) is 5.91 Å². The van der Waals surface area contributed by atoms with Crippen LogP contribution in [0.3, 0.4) is 0 Å². The topological polar surface area (TPSA) is 66.0 Å². The number of likely N-dealkylation sites (N-methyl/N-ethyl adjacent to an activating group) is 1. The van der Waals surface area contributed by atoms with Gasteiger partial charge < -0.3 is 20.3 Å². The summed E-state index contributed by atoms with van der Waals surface area (Å²) in [6, 6.07) is 0.374. The third kappa shape index (κ3) is 4.60. The molecule has 1 amide bonds. The Morgan fingerprint density at radius 1 is 1.36 bits per heavy atom. The molecule has 1 atom stereocenters. The van der Waals surface area contributed by atoms with Crippen LogP contribution >= 0.6 is 0 Å². The number of rotatable bonds is 4. The first kappa shape index (κ1) is 17.1. The van der Waals surface area contributed by atoms with E-state index in [0.717, 1.165) is 32.0 Å². The van der Waals surface area contributed by atoms with Gasteiger partial charge >= 0.3 is 0 Å². The number of carbonyl (C=O) groups is 1. The zero-order chi connectivity index (χ0) is 16.0. The summed E-state index contributed by atoms with van der Waals surface area (Å²) in [5.41, 5.74) is 0.0900. The average molecular weight is 310 g/mol. The van der Waals surface area contributed by atoms with Crippen molar-refractivity contribution in [2.75, 3.05) is 33.8 Å². The van der Waals surface area contributed by atoms with Crippen molar-refractivity contribution in [2.24, 2.45) is 4.99 Å². The van der Waals surface area contributed by atoms with Crippen LogP contribution < -0.4 is 10.6 Å². The zero-order valence-electron chi connectivity index (χ0n) is 14.2. The van der Waals surface area contributed by atoms with Crippen molar-refractivity contribution in [1.29, 1.82) is 0 Å². The number of amides is 1. The fourth-order valence-electron chi connectivity index (χ4n) is 3.32. The highest BCUT2D eigenvalue weighted by Gasteiger charge is 2.40. The predicted molar refractivity (Wildman–Crippen MR) is 88.0 cm³/mol. The number of aliphatic imine (C=N–C) groups is 1. The molecule has 1 saturated carbocycles. The zero-order valence-corrected chi connectivity index (χ0v) is 14.2. The molecule has 2 fully saturated rings. The van der Waals surface area contributed by atoms with Gasteiger partial charge in [-0.05, 0) is 32.6 Å². The fraction of sp³-hybridized carbons (Fsp3) is 0.875. The maximum Gasteiger partial charge on any atom is 0.243 e. The summed E-state index contributed by atoms with van der Waals surface area (Å²) in [5.74, 6) is 0.745. The first-order valence-electron chi connectivity index (χ1n) is 8.43. The van der Waals surface area contributed by atoms with E-state index in [2.05, 4.69) is 15.6 Å². The third-order valence-corrected chi connectivity index (χ3v) is 4.56. The SMILES string of the molecule is CCNC(=NCC(=O)N(C)C)NC1CCOC2(CCCC2)C1. The Kier molecular flexibility index (Phi) is 6.06. The van der Waals surface area contributed by atoms with Crippen LogP contribution in [0.1, 0.15) is 45.4 Å². The average Bonchev–Trinajstić information content (AvgIpc) is 2.92. The molecule has 126 valence electrons. The second-order valence-corrected chi connectivity index (χ2v) is 6.56. The van der Waals surface area contributed by atoms with Crippen molar-refractivity contribution in [3.05, 3.63) is 0 Å². The van der Waals surface area contributed by atoms with E-state index in [-0.39, 0.29) is 18.1 Å². The van der Waals surface area contributed by atoms with E-state index in [4.69, 9.17) is 4.74 Å². The van der Waals surface area contributed by atoms with E-state index in [9.17, 15) is 4.79 Å². The Morgan fingerprint density at radius 3 is 2.73 bits per heavy atom. The molecule has 0 radical (unpaired) electrons. The molecule has 2 N–H and O–H groups in total. The highest BCUT2D eigenvalue weighted by molar-refractivity contribution is 5.84. The van der Waals surface area contributed by atoms with E-state index in [1.165, 1.54) is 25.7 Å². The quantitative estimate of drug-likeness (QED) is 0.603. The third-order valence-electron chi connectivity index (χ3n) is 4.56. The number of ether oxygens (including phenoxy) is 1. The van der Waals surface area contributed by atoms with Gasteiger partial charge in [0.1, 0.15) is 6.54 Å². The lowest BCUT2D eigenvalue weighted by Crippen LogP contribution is -2.50. The largest absolute Gasteiger partial charge is 0.375 e. The summed E-state index contributed by atoms with van der Waals surface area (Å²) >= 11 is 0. The Labute approximate surface area is 133 Å². The van der Waals surface area contributed by atoms with E-state index < -0.39 is 0 Å². The summed E-state index contributed by atoms with van der Waals surface area (Å²) in [6.07, 6.45) is 6.94. The summed E-state index contributed by atoms with van der Waals surface area (Å²) in [7, 11) is 3.50. The molecule has 0 aromatic carbocycles. The highest BCUT2D eigenvalue weighted by atomic mass is 16.5. The summed E-state index contributed by atoms with van der Waals surface area (Å²) in [4.78, 5) is 17.7. The molecule has 6 heteroatoms. The molecule has 22 heavy (non-hydrogen) atoms. The van der Waals surface area contributed by atoms with E-state index in [1.807, 2.05) is 6.92 Å². The minimum atomic E-state index is 0.0106. The fourth-order valence-corrected chi connectivity index (χ4v) is 3.32. The molecular weight excluding hydrogens is 280 g/mol. The van der Waals surface area contributed by atoms with Crippen LogP contribution in [0.5, 0.6) is 0 Å². The summed E-state index contributed by atoms with van der Waals surface area (Å²) < 4.78 is 6.07. The van der Waals surface area contributed by atoms with Crippen molar-refractivity contribution in [3.8, 4) is 0 Å². The van der Waals surface area contributed by atoms with E-state index >= 15 is 0 Å². The maximum absolute atomic E-state index is 11.7. The van der Waals surface area contributed by atoms with Crippen molar-refractivity contribution < 1.29 is 9.53 Å². The molecule has 0 aromatic heterocycles. The maximum atomic E-state index is 11.7. The standard InChI is InChI=1S/C16H30N4O2/c1-4-17-15(18-12-14(21)20(2)3)19-13-7-10-22-16(11-13)8-5-6-9-16/h13H,4-12H2,1-3H3,(H2,17,18,19). The molecule has 2 rings (SSSR count). The normalized spacial score (nSPS) is 24.3. The lowest BCUT2D eigenvalue weighted by atomic mass is 9.89. The number of hydrogen-bond donors (Lipinski definition) is 2. The summed E-state index contributed by atoms with van der Waals surface area (Å²) in [5, 5.41) is 6.72. The number of guanidine groups is 1. The number of hydrogen-bond acceptors (Lipinski definition) is 3. The van der Waals surface area contributed by atoms with Crippen LogP contribution in [0.4, 0.5) is 0 Å². The molecule has 0 aromatic rings. The minimum absolute atomic E-state index is 0.0106. The first-order valence-corrected chi connectivity index (χ1v) is 8.43. The van der Waals surface area contributed by atoms with Gasteiger partial charge in [-0.15, -0.1) is 0 Å². The number of carbonyl (C=O) groups excluding carboxylic acids is 1. The van der Waals surface area contributed by atoms with Gasteiger partial charge in [-0.25, -0.2) is 4.99 Å². The molecule has 1 saturated heterocycles. The van der Waals surface area contributed by atoms with Crippen molar-refractivity contribution in [1.82, 2.24) is 15.5 Å².